The Bertz CT molecular complexity index is 83.4. The quantitative estimate of drug-likeness (QED) is 0.573. The second-order valence-corrected chi connectivity index (χ2v) is 1.66. The molecule has 0 aromatic carbocycles. The number of rotatable bonds is 2. The zero-order valence-electron chi connectivity index (χ0n) is 4.43. The lowest BCUT2D eigenvalue weighted by molar-refractivity contribution is 0.0852. The highest BCUT2D eigenvalue weighted by atomic mass is 35.5. The normalized spacial score (nSPS) is 12.9. The number of halogens is 1. The number of hydrogen-bond donors (Lipinski definition) is 1. The van der Waals surface area contributed by atoms with E-state index in [1.54, 1.807) is 6.92 Å². The monoisotopic (exact) mass is 138 g/mol. The van der Waals surface area contributed by atoms with Crippen LogP contribution in [-0.4, -0.2) is 23.2 Å². The summed E-state index contributed by atoms with van der Waals surface area (Å²) in [5.74, 6) is 0. The average Bonchev–Trinajstić information content (AvgIpc) is 1.65. The molecule has 0 rings (SSSR count). The summed E-state index contributed by atoms with van der Waals surface area (Å²) in [5, 5.41) is 8.25. The lowest BCUT2D eigenvalue weighted by atomic mass is 10.4. The molecule has 0 aliphatic heterocycles. The van der Waals surface area contributed by atoms with Gasteiger partial charge in [-0.2, -0.15) is 0 Å². The largest absolute Gasteiger partial charge is 0.448 e. The Balaban J connectivity index is 3.24. The van der Waals surface area contributed by atoms with Gasteiger partial charge in [-0.15, -0.1) is 0 Å². The third-order valence-electron chi connectivity index (χ3n) is 0.551. The molecule has 0 bridgehead atoms. The van der Waals surface area contributed by atoms with E-state index in [2.05, 4.69) is 4.74 Å². The summed E-state index contributed by atoms with van der Waals surface area (Å²) < 4.78 is 4.28. The topological polar surface area (TPSA) is 46.5 Å². The van der Waals surface area contributed by atoms with Crippen LogP contribution in [0.4, 0.5) is 4.79 Å². The van der Waals surface area contributed by atoms with E-state index in [-0.39, 0.29) is 6.61 Å². The van der Waals surface area contributed by atoms with Crippen LogP contribution in [0.15, 0.2) is 0 Å². The molecule has 1 atom stereocenters. The van der Waals surface area contributed by atoms with E-state index >= 15 is 0 Å². The van der Waals surface area contributed by atoms with Crippen LogP contribution in [-0.2, 0) is 4.74 Å². The minimum Gasteiger partial charge on any atom is -0.448 e. The van der Waals surface area contributed by atoms with Crippen LogP contribution < -0.4 is 0 Å². The van der Waals surface area contributed by atoms with Crippen molar-refractivity contribution in [3.63, 3.8) is 0 Å². The molecule has 48 valence electrons. The first-order valence-corrected chi connectivity index (χ1v) is 2.51. The van der Waals surface area contributed by atoms with Gasteiger partial charge in [0.15, 0.2) is 0 Å². The number of ether oxygens (including phenoxy) is 1. The van der Waals surface area contributed by atoms with Gasteiger partial charge in [-0.05, 0) is 6.92 Å². The standard InChI is InChI=1S/C4H7ClO3/c1-3(2-6)8-4(5)7/h3,6H,2H2,1H3. The van der Waals surface area contributed by atoms with Crippen molar-refractivity contribution in [3.8, 4) is 0 Å². The molecule has 0 spiro atoms. The predicted molar refractivity (Wildman–Crippen MR) is 28.9 cm³/mol. The molecule has 0 fully saturated rings. The molecule has 0 saturated heterocycles. The minimum absolute atomic E-state index is 0.196. The molecule has 0 aliphatic rings. The third-order valence-corrected chi connectivity index (χ3v) is 0.640. The van der Waals surface area contributed by atoms with Crippen LogP contribution >= 0.6 is 11.6 Å². The van der Waals surface area contributed by atoms with Crippen LogP contribution in [0.5, 0.6) is 0 Å². The van der Waals surface area contributed by atoms with E-state index in [0.717, 1.165) is 0 Å². The maximum absolute atomic E-state index is 9.85. The van der Waals surface area contributed by atoms with Gasteiger partial charge in [0.25, 0.3) is 0 Å². The fourth-order valence-corrected chi connectivity index (χ4v) is 0.348. The van der Waals surface area contributed by atoms with Gasteiger partial charge in [-0.25, -0.2) is 4.79 Å². The lowest BCUT2D eigenvalue weighted by Gasteiger charge is -2.04. The Morgan fingerprint density at radius 1 is 2.00 bits per heavy atom. The molecule has 0 radical (unpaired) electrons. The summed E-state index contributed by atoms with van der Waals surface area (Å²) in [4.78, 5) is 9.85. The zero-order valence-corrected chi connectivity index (χ0v) is 5.18. The first kappa shape index (κ1) is 7.72. The average molecular weight is 139 g/mol. The zero-order chi connectivity index (χ0) is 6.57. The van der Waals surface area contributed by atoms with Gasteiger partial charge in [0, 0.05) is 11.6 Å². The van der Waals surface area contributed by atoms with Gasteiger partial charge in [0.2, 0.25) is 0 Å². The fourth-order valence-electron chi connectivity index (χ4n) is 0.195. The molecule has 0 heterocycles. The summed E-state index contributed by atoms with van der Waals surface area (Å²) >= 11 is 4.78. The Morgan fingerprint density at radius 2 is 2.50 bits per heavy atom. The van der Waals surface area contributed by atoms with Crippen molar-refractivity contribution in [1.82, 2.24) is 0 Å². The second-order valence-electron chi connectivity index (χ2n) is 1.35. The van der Waals surface area contributed by atoms with Crippen LogP contribution in [0.25, 0.3) is 0 Å². The number of carbonyl (C=O) groups excluding carboxylic acids is 1. The maximum atomic E-state index is 9.85. The third kappa shape index (κ3) is 3.89. The van der Waals surface area contributed by atoms with Crippen molar-refractivity contribution in [2.75, 3.05) is 6.61 Å². The SMILES string of the molecule is CC(CO)OC(=O)Cl. The van der Waals surface area contributed by atoms with Gasteiger partial charge >= 0.3 is 5.43 Å². The van der Waals surface area contributed by atoms with E-state index in [1.165, 1.54) is 0 Å². The highest BCUT2D eigenvalue weighted by Crippen LogP contribution is 1.93. The maximum Gasteiger partial charge on any atom is 0.404 e. The Kier molecular flexibility index (Phi) is 3.56. The van der Waals surface area contributed by atoms with E-state index in [1.807, 2.05) is 0 Å². The smallest absolute Gasteiger partial charge is 0.404 e. The van der Waals surface area contributed by atoms with Crippen molar-refractivity contribution in [3.05, 3.63) is 0 Å². The highest BCUT2D eigenvalue weighted by molar-refractivity contribution is 6.61. The molecule has 3 nitrogen and oxygen atoms in total. The minimum atomic E-state index is -0.883. The van der Waals surface area contributed by atoms with Crippen LogP contribution in [0.3, 0.4) is 0 Å². The Hall–Kier alpha value is -0.280. The molecule has 0 aliphatic carbocycles. The van der Waals surface area contributed by atoms with E-state index in [0.29, 0.717) is 0 Å². The van der Waals surface area contributed by atoms with Gasteiger partial charge in [0.05, 0.1) is 6.61 Å². The van der Waals surface area contributed by atoms with Crippen molar-refractivity contribution in [2.45, 2.75) is 13.0 Å². The summed E-state index contributed by atoms with van der Waals surface area (Å²) in [6.07, 6.45) is -0.500. The van der Waals surface area contributed by atoms with Crippen LogP contribution in [0.1, 0.15) is 6.92 Å². The molecule has 0 saturated carbocycles. The highest BCUT2D eigenvalue weighted by Gasteiger charge is 2.02. The molecule has 0 aromatic rings. The summed E-state index contributed by atoms with van der Waals surface area (Å²) in [6, 6.07) is 0. The van der Waals surface area contributed by atoms with E-state index in [9.17, 15) is 4.79 Å². The van der Waals surface area contributed by atoms with Gasteiger partial charge in [-0.1, -0.05) is 0 Å². The van der Waals surface area contributed by atoms with Crippen molar-refractivity contribution in [2.24, 2.45) is 0 Å². The van der Waals surface area contributed by atoms with Gasteiger partial charge in [0.1, 0.15) is 6.10 Å². The van der Waals surface area contributed by atoms with Crippen molar-refractivity contribution < 1.29 is 14.6 Å². The number of aliphatic hydroxyl groups is 1. The number of hydrogen-bond acceptors (Lipinski definition) is 3. The van der Waals surface area contributed by atoms with E-state index in [4.69, 9.17) is 16.7 Å². The summed E-state index contributed by atoms with van der Waals surface area (Å²) in [6.45, 7) is 1.35. The lowest BCUT2D eigenvalue weighted by Crippen LogP contribution is -2.13. The molecule has 0 amide bonds. The first-order valence-electron chi connectivity index (χ1n) is 2.13. The van der Waals surface area contributed by atoms with Crippen LogP contribution in [0, 0.1) is 0 Å². The molecule has 1 unspecified atom stereocenters. The molecule has 1 N–H and O–H groups in total. The first-order chi connectivity index (χ1) is 3.66. The van der Waals surface area contributed by atoms with Gasteiger partial charge in [-0.3, -0.25) is 0 Å². The molecular weight excluding hydrogens is 131 g/mol. The molecule has 8 heavy (non-hydrogen) atoms. The molecular formula is C4H7ClO3. The van der Waals surface area contributed by atoms with Gasteiger partial charge < -0.3 is 9.84 Å². The van der Waals surface area contributed by atoms with Crippen LogP contribution in [0.2, 0.25) is 0 Å². The predicted octanol–water partition coefficient (Wildman–Crippen LogP) is 0.743. The Morgan fingerprint density at radius 3 is 2.62 bits per heavy atom. The molecule has 4 heteroatoms. The summed E-state index contributed by atoms with van der Waals surface area (Å²) in [7, 11) is 0. The fraction of sp³-hybridized carbons (Fsp3) is 0.750. The number of carbonyl (C=O) groups is 1. The van der Waals surface area contributed by atoms with Crippen molar-refractivity contribution >= 4 is 17.0 Å². The van der Waals surface area contributed by atoms with E-state index < -0.39 is 11.5 Å². The van der Waals surface area contributed by atoms with Crippen molar-refractivity contribution in [1.29, 1.82) is 0 Å². The second kappa shape index (κ2) is 3.69. The Labute approximate surface area is 52.2 Å². The summed E-state index contributed by atoms with van der Waals surface area (Å²) in [5.41, 5.74) is -0.883. The number of aliphatic hydroxyl groups excluding tert-OH is 1. The molecule has 0 aromatic heterocycles.